The number of fused-ring (bicyclic) bond motifs is 1. The van der Waals surface area contributed by atoms with Crippen LogP contribution in [0.5, 0.6) is 0 Å². The first-order chi connectivity index (χ1) is 16.2. The summed E-state index contributed by atoms with van der Waals surface area (Å²) in [6.07, 6.45) is 5.56. The average molecular weight is 438 g/mol. The van der Waals surface area contributed by atoms with E-state index in [-0.39, 0.29) is 18.5 Å². The van der Waals surface area contributed by atoms with E-state index in [0.717, 1.165) is 22.4 Å². The van der Waals surface area contributed by atoms with Gasteiger partial charge in [0.15, 0.2) is 0 Å². The Morgan fingerprint density at radius 2 is 1.85 bits per heavy atom. The number of nitrogens with one attached hydrogen (secondary N) is 1. The molecule has 4 aromatic rings. The van der Waals surface area contributed by atoms with E-state index < -0.39 is 0 Å². The molecule has 1 N–H and O–H groups in total. The first kappa shape index (κ1) is 20.6. The van der Waals surface area contributed by atoms with Gasteiger partial charge in [-0.2, -0.15) is 4.68 Å². The predicted octanol–water partition coefficient (Wildman–Crippen LogP) is 3.14. The lowest BCUT2D eigenvalue weighted by Crippen LogP contribution is -2.39. The fourth-order valence-corrected chi connectivity index (χ4v) is 3.89. The lowest BCUT2D eigenvalue weighted by molar-refractivity contribution is -0.119. The molecule has 0 saturated heterocycles. The van der Waals surface area contributed by atoms with Crippen molar-refractivity contribution < 1.29 is 4.79 Å². The smallest absolute Gasteiger partial charge is 0.251 e. The highest BCUT2D eigenvalue weighted by atomic mass is 16.2. The SMILES string of the molecule is Cc1ccc([C@@H]2C=C(c3ccccc3)N(CC(=O)NCc3cccnc3)c3nnnn32)cc1. The molecule has 1 amide bonds. The van der Waals surface area contributed by atoms with Crippen LogP contribution in [0.4, 0.5) is 5.95 Å². The first-order valence-corrected chi connectivity index (χ1v) is 10.7. The van der Waals surface area contributed by atoms with E-state index in [1.807, 2.05) is 47.4 Å². The number of carbonyl (C=O) groups is 1. The number of amides is 1. The van der Waals surface area contributed by atoms with Gasteiger partial charge in [0.2, 0.25) is 5.91 Å². The molecule has 2 aromatic heterocycles. The van der Waals surface area contributed by atoms with Gasteiger partial charge < -0.3 is 5.32 Å². The molecule has 164 valence electrons. The van der Waals surface area contributed by atoms with E-state index in [4.69, 9.17) is 0 Å². The number of carbonyl (C=O) groups excluding carboxylic acids is 1. The maximum Gasteiger partial charge on any atom is 0.251 e. The van der Waals surface area contributed by atoms with Crippen LogP contribution >= 0.6 is 0 Å². The molecule has 33 heavy (non-hydrogen) atoms. The van der Waals surface area contributed by atoms with Gasteiger partial charge in [-0.05, 0) is 46.2 Å². The van der Waals surface area contributed by atoms with Gasteiger partial charge >= 0.3 is 0 Å². The quantitative estimate of drug-likeness (QED) is 0.499. The second-order valence-corrected chi connectivity index (χ2v) is 7.92. The second-order valence-electron chi connectivity index (χ2n) is 7.92. The number of benzene rings is 2. The third-order valence-corrected chi connectivity index (χ3v) is 5.59. The number of rotatable bonds is 6. The normalized spacial score (nSPS) is 15.0. The van der Waals surface area contributed by atoms with E-state index in [2.05, 4.69) is 63.1 Å². The number of hydrogen-bond acceptors (Lipinski definition) is 6. The maximum atomic E-state index is 12.9. The number of tetrazole rings is 1. The van der Waals surface area contributed by atoms with Gasteiger partial charge in [0.25, 0.3) is 5.95 Å². The number of allylic oxidation sites excluding steroid dienone is 1. The minimum Gasteiger partial charge on any atom is -0.350 e. The second kappa shape index (κ2) is 9.04. The largest absolute Gasteiger partial charge is 0.350 e. The van der Waals surface area contributed by atoms with Crippen LogP contribution in [0.1, 0.15) is 28.3 Å². The lowest BCUT2D eigenvalue weighted by atomic mass is 10.00. The van der Waals surface area contributed by atoms with Gasteiger partial charge in [-0.25, -0.2) is 0 Å². The average Bonchev–Trinajstić information content (AvgIpc) is 3.35. The van der Waals surface area contributed by atoms with Crippen molar-refractivity contribution in [1.82, 2.24) is 30.5 Å². The Labute approximate surface area is 191 Å². The molecule has 1 atom stereocenters. The van der Waals surface area contributed by atoms with E-state index >= 15 is 0 Å². The number of aryl methyl sites for hydroxylation is 1. The van der Waals surface area contributed by atoms with Crippen LogP contribution in [0.3, 0.4) is 0 Å². The molecule has 0 aliphatic carbocycles. The fraction of sp³-hybridized carbons (Fsp3) is 0.160. The highest BCUT2D eigenvalue weighted by Gasteiger charge is 2.31. The molecule has 0 saturated carbocycles. The Morgan fingerprint density at radius 1 is 1.03 bits per heavy atom. The molecule has 0 spiro atoms. The summed E-state index contributed by atoms with van der Waals surface area (Å²) >= 11 is 0. The van der Waals surface area contributed by atoms with Crippen molar-refractivity contribution >= 4 is 17.6 Å². The summed E-state index contributed by atoms with van der Waals surface area (Å²) in [5.41, 5.74) is 5.07. The van der Waals surface area contributed by atoms with E-state index in [1.54, 1.807) is 17.1 Å². The Hall–Kier alpha value is -4.33. The van der Waals surface area contributed by atoms with E-state index in [0.29, 0.717) is 12.5 Å². The zero-order chi connectivity index (χ0) is 22.6. The molecule has 0 bridgehead atoms. The van der Waals surface area contributed by atoms with Crippen molar-refractivity contribution in [2.24, 2.45) is 0 Å². The topological polar surface area (TPSA) is 88.8 Å². The van der Waals surface area contributed by atoms with Crippen molar-refractivity contribution in [2.75, 3.05) is 11.4 Å². The summed E-state index contributed by atoms with van der Waals surface area (Å²) in [6, 6.07) is 21.9. The van der Waals surface area contributed by atoms with Crippen molar-refractivity contribution in [3.05, 3.63) is 107 Å². The summed E-state index contributed by atoms with van der Waals surface area (Å²) in [7, 11) is 0. The lowest BCUT2D eigenvalue weighted by Gasteiger charge is -2.32. The van der Waals surface area contributed by atoms with Crippen LogP contribution in [-0.4, -0.2) is 37.6 Å². The molecular formula is C25H23N7O. The molecule has 8 heteroatoms. The molecule has 1 aliphatic heterocycles. The summed E-state index contributed by atoms with van der Waals surface area (Å²) in [5, 5.41) is 15.4. The minimum absolute atomic E-state index is 0.0853. The van der Waals surface area contributed by atoms with Crippen LogP contribution in [-0.2, 0) is 11.3 Å². The van der Waals surface area contributed by atoms with E-state index in [1.165, 1.54) is 5.56 Å². The monoisotopic (exact) mass is 437 g/mol. The van der Waals surface area contributed by atoms with Crippen molar-refractivity contribution in [1.29, 1.82) is 0 Å². The zero-order valence-electron chi connectivity index (χ0n) is 18.2. The van der Waals surface area contributed by atoms with Crippen molar-refractivity contribution in [3.63, 3.8) is 0 Å². The highest BCUT2D eigenvalue weighted by molar-refractivity contribution is 5.89. The molecule has 0 fully saturated rings. The Bertz CT molecular complexity index is 1270. The molecule has 1 aliphatic rings. The summed E-state index contributed by atoms with van der Waals surface area (Å²) in [6.45, 7) is 2.55. The third-order valence-electron chi connectivity index (χ3n) is 5.59. The van der Waals surface area contributed by atoms with Crippen LogP contribution in [0.25, 0.3) is 5.70 Å². The number of hydrogen-bond donors (Lipinski definition) is 1. The summed E-state index contributed by atoms with van der Waals surface area (Å²) in [4.78, 5) is 18.9. The van der Waals surface area contributed by atoms with Crippen LogP contribution in [0.2, 0.25) is 0 Å². The highest BCUT2D eigenvalue weighted by Crippen LogP contribution is 2.36. The predicted molar refractivity (Wildman–Crippen MR) is 125 cm³/mol. The maximum absolute atomic E-state index is 12.9. The van der Waals surface area contributed by atoms with Crippen LogP contribution in [0, 0.1) is 6.92 Å². The molecule has 8 nitrogen and oxygen atoms in total. The number of nitrogens with zero attached hydrogens (tertiary/aromatic N) is 6. The van der Waals surface area contributed by atoms with E-state index in [9.17, 15) is 4.79 Å². The third kappa shape index (κ3) is 4.36. The zero-order valence-corrected chi connectivity index (χ0v) is 18.2. The Morgan fingerprint density at radius 3 is 2.61 bits per heavy atom. The van der Waals surface area contributed by atoms with Crippen molar-refractivity contribution in [2.45, 2.75) is 19.5 Å². The standard InChI is InChI=1S/C25H23N7O/c1-18-9-11-21(12-10-18)23-14-22(20-7-3-2-4-8-20)31(25-28-29-30-32(23)25)17-24(33)27-16-19-6-5-13-26-15-19/h2-15,23H,16-17H2,1H3,(H,27,33)/t23-/m0/s1. The minimum atomic E-state index is -0.180. The molecule has 3 heterocycles. The Balaban J connectivity index is 1.47. The van der Waals surface area contributed by atoms with Gasteiger partial charge in [0.05, 0.1) is 5.70 Å². The molecule has 2 aromatic carbocycles. The van der Waals surface area contributed by atoms with Gasteiger partial charge in [0, 0.05) is 18.9 Å². The van der Waals surface area contributed by atoms with Gasteiger partial charge in [0.1, 0.15) is 12.6 Å². The summed E-state index contributed by atoms with van der Waals surface area (Å²) < 4.78 is 1.76. The van der Waals surface area contributed by atoms with Gasteiger partial charge in [-0.3, -0.25) is 14.7 Å². The molecule has 5 rings (SSSR count). The Kier molecular flexibility index (Phi) is 5.63. The van der Waals surface area contributed by atoms with Gasteiger partial charge in [-0.1, -0.05) is 71.3 Å². The number of anilines is 1. The van der Waals surface area contributed by atoms with Crippen LogP contribution < -0.4 is 10.2 Å². The number of aromatic nitrogens is 5. The molecule has 0 unspecified atom stereocenters. The van der Waals surface area contributed by atoms with Gasteiger partial charge in [-0.15, -0.1) is 0 Å². The first-order valence-electron chi connectivity index (χ1n) is 10.7. The molecular weight excluding hydrogens is 414 g/mol. The molecule has 0 radical (unpaired) electrons. The number of pyridine rings is 1. The summed E-state index contributed by atoms with van der Waals surface area (Å²) in [5.74, 6) is 0.391. The van der Waals surface area contributed by atoms with Crippen molar-refractivity contribution in [3.8, 4) is 0 Å². The van der Waals surface area contributed by atoms with Crippen LogP contribution in [0.15, 0.2) is 85.2 Å². The fourth-order valence-electron chi connectivity index (χ4n) is 3.89.